The lowest BCUT2D eigenvalue weighted by Gasteiger charge is -1.94. The molecule has 0 atom stereocenters. The summed E-state index contributed by atoms with van der Waals surface area (Å²) in [6.07, 6.45) is 3.34. The zero-order chi connectivity index (χ0) is 13.2. The SMILES string of the molecule is Cn1cncc1-c1noc(-c2cccc(C#N)c2)n1. The van der Waals surface area contributed by atoms with E-state index in [4.69, 9.17) is 9.78 Å². The van der Waals surface area contributed by atoms with E-state index in [1.807, 2.05) is 13.1 Å². The maximum absolute atomic E-state index is 8.87. The van der Waals surface area contributed by atoms with Crippen molar-refractivity contribution in [3.63, 3.8) is 0 Å². The van der Waals surface area contributed by atoms with Crippen LogP contribution in [0.15, 0.2) is 41.3 Å². The lowest BCUT2D eigenvalue weighted by molar-refractivity contribution is 0.432. The van der Waals surface area contributed by atoms with Gasteiger partial charge in [-0.2, -0.15) is 10.2 Å². The molecule has 0 unspecified atom stereocenters. The molecule has 2 heterocycles. The van der Waals surface area contributed by atoms with Gasteiger partial charge in [-0.3, -0.25) is 0 Å². The number of hydrogen-bond acceptors (Lipinski definition) is 5. The third-order valence-corrected chi connectivity index (χ3v) is 2.71. The summed E-state index contributed by atoms with van der Waals surface area (Å²) >= 11 is 0. The first-order valence-electron chi connectivity index (χ1n) is 5.59. The number of nitrogens with zero attached hydrogens (tertiary/aromatic N) is 5. The van der Waals surface area contributed by atoms with E-state index in [0.717, 1.165) is 11.3 Å². The third-order valence-electron chi connectivity index (χ3n) is 2.71. The molecule has 2 aromatic heterocycles. The van der Waals surface area contributed by atoms with Gasteiger partial charge in [-0.05, 0) is 18.2 Å². The van der Waals surface area contributed by atoms with E-state index in [9.17, 15) is 0 Å². The van der Waals surface area contributed by atoms with Crippen LogP contribution >= 0.6 is 0 Å². The highest BCUT2D eigenvalue weighted by Crippen LogP contribution is 2.22. The largest absolute Gasteiger partial charge is 0.334 e. The summed E-state index contributed by atoms with van der Waals surface area (Å²) in [5.41, 5.74) is 2.05. The predicted octanol–water partition coefficient (Wildman–Crippen LogP) is 2.01. The average molecular weight is 251 g/mol. The van der Waals surface area contributed by atoms with Crippen molar-refractivity contribution in [3.8, 4) is 29.0 Å². The molecule has 0 saturated carbocycles. The van der Waals surface area contributed by atoms with Crippen LogP contribution in [0.1, 0.15) is 5.56 Å². The summed E-state index contributed by atoms with van der Waals surface area (Å²) in [5.74, 6) is 0.852. The smallest absolute Gasteiger partial charge is 0.258 e. The Morgan fingerprint density at radius 1 is 1.37 bits per heavy atom. The normalized spacial score (nSPS) is 10.3. The van der Waals surface area contributed by atoms with E-state index in [1.165, 1.54) is 0 Å². The Kier molecular flexibility index (Phi) is 2.58. The first-order valence-corrected chi connectivity index (χ1v) is 5.59. The van der Waals surface area contributed by atoms with Crippen molar-refractivity contribution in [1.82, 2.24) is 19.7 Å². The van der Waals surface area contributed by atoms with Crippen LogP contribution in [0.2, 0.25) is 0 Å². The lowest BCUT2D eigenvalue weighted by atomic mass is 10.1. The highest BCUT2D eigenvalue weighted by atomic mass is 16.5. The van der Waals surface area contributed by atoms with Gasteiger partial charge in [-0.15, -0.1) is 0 Å². The van der Waals surface area contributed by atoms with Crippen molar-refractivity contribution in [2.75, 3.05) is 0 Å². The van der Waals surface area contributed by atoms with Crippen LogP contribution in [-0.4, -0.2) is 19.7 Å². The summed E-state index contributed by atoms with van der Waals surface area (Å²) in [4.78, 5) is 8.32. The third kappa shape index (κ3) is 1.98. The van der Waals surface area contributed by atoms with Gasteiger partial charge < -0.3 is 9.09 Å². The molecule has 0 amide bonds. The molecule has 0 fully saturated rings. The minimum Gasteiger partial charge on any atom is -0.334 e. The van der Waals surface area contributed by atoms with Crippen molar-refractivity contribution in [2.45, 2.75) is 0 Å². The second-order valence-electron chi connectivity index (χ2n) is 4.01. The fourth-order valence-electron chi connectivity index (χ4n) is 1.74. The van der Waals surface area contributed by atoms with Gasteiger partial charge in [0.05, 0.1) is 24.2 Å². The Morgan fingerprint density at radius 3 is 3.00 bits per heavy atom. The molecule has 19 heavy (non-hydrogen) atoms. The molecule has 0 aliphatic rings. The van der Waals surface area contributed by atoms with Gasteiger partial charge in [0.25, 0.3) is 5.89 Å². The first kappa shape index (κ1) is 11.2. The second-order valence-corrected chi connectivity index (χ2v) is 4.01. The number of aryl methyl sites for hydroxylation is 1. The highest BCUT2D eigenvalue weighted by molar-refractivity contribution is 5.59. The van der Waals surface area contributed by atoms with E-state index in [2.05, 4.69) is 21.2 Å². The van der Waals surface area contributed by atoms with E-state index in [-0.39, 0.29) is 0 Å². The van der Waals surface area contributed by atoms with E-state index in [0.29, 0.717) is 17.3 Å². The highest BCUT2D eigenvalue weighted by Gasteiger charge is 2.13. The molecule has 1 aromatic carbocycles. The van der Waals surface area contributed by atoms with Crippen LogP contribution in [-0.2, 0) is 7.05 Å². The minimum atomic E-state index is 0.383. The van der Waals surface area contributed by atoms with Gasteiger partial charge in [0.1, 0.15) is 5.69 Å². The second kappa shape index (κ2) is 4.38. The van der Waals surface area contributed by atoms with Gasteiger partial charge in [0.15, 0.2) is 0 Å². The predicted molar refractivity (Wildman–Crippen MR) is 66.7 cm³/mol. The molecule has 0 aliphatic carbocycles. The Balaban J connectivity index is 2.02. The summed E-state index contributed by atoms with van der Waals surface area (Å²) in [6.45, 7) is 0. The Labute approximate surface area is 108 Å². The van der Waals surface area contributed by atoms with Crippen molar-refractivity contribution < 1.29 is 4.52 Å². The van der Waals surface area contributed by atoms with Gasteiger partial charge in [-0.1, -0.05) is 11.2 Å². The Morgan fingerprint density at radius 2 is 2.26 bits per heavy atom. The van der Waals surface area contributed by atoms with Crippen LogP contribution in [0, 0.1) is 11.3 Å². The van der Waals surface area contributed by atoms with E-state index < -0.39 is 0 Å². The molecular weight excluding hydrogens is 242 g/mol. The van der Waals surface area contributed by atoms with E-state index >= 15 is 0 Å². The number of imidazole rings is 1. The fourth-order valence-corrected chi connectivity index (χ4v) is 1.74. The number of rotatable bonds is 2. The van der Waals surface area contributed by atoms with Crippen molar-refractivity contribution >= 4 is 0 Å². The van der Waals surface area contributed by atoms with Crippen LogP contribution in [0.5, 0.6) is 0 Å². The van der Waals surface area contributed by atoms with Crippen molar-refractivity contribution in [2.24, 2.45) is 7.05 Å². The summed E-state index contributed by atoms with van der Waals surface area (Å²) in [5, 5.41) is 12.8. The number of nitriles is 1. The maximum atomic E-state index is 8.87. The zero-order valence-electron chi connectivity index (χ0n) is 10.1. The van der Waals surface area contributed by atoms with Crippen molar-refractivity contribution in [1.29, 1.82) is 5.26 Å². The average Bonchev–Trinajstić information content (AvgIpc) is 3.07. The Bertz CT molecular complexity index is 765. The quantitative estimate of drug-likeness (QED) is 0.695. The molecule has 0 aliphatic heterocycles. The standard InChI is InChI=1S/C13H9N5O/c1-18-8-15-7-11(18)12-16-13(19-17-12)10-4-2-3-9(5-10)6-14/h2-5,7-8H,1H3. The van der Waals surface area contributed by atoms with Crippen LogP contribution < -0.4 is 0 Å². The number of aromatic nitrogens is 4. The van der Waals surface area contributed by atoms with Crippen LogP contribution in [0.3, 0.4) is 0 Å². The van der Waals surface area contributed by atoms with Crippen molar-refractivity contribution in [3.05, 3.63) is 42.4 Å². The number of hydrogen-bond donors (Lipinski definition) is 0. The maximum Gasteiger partial charge on any atom is 0.258 e. The summed E-state index contributed by atoms with van der Waals surface area (Å²) < 4.78 is 7.02. The monoisotopic (exact) mass is 251 g/mol. The Hall–Kier alpha value is -2.94. The summed E-state index contributed by atoms with van der Waals surface area (Å²) in [6, 6.07) is 9.11. The molecule has 92 valence electrons. The van der Waals surface area contributed by atoms with Gasteiger partial charge in [0.2, 0.25) is 5.82 Å². The molecule has 0 radical (unpaired) electrons. The lowest BCUT2D eigenvalue weighted by Crippen LogP contribution is -1.90. The molecule has 3 aromatic rings. The van der Waals surface area contributed by atoms with Gasteiger partial charge in [0, 0.05) is 12.6 Å². The molecular formula is C13H9N5O. The first-order chi connectivity index (χ1) is 9.28. The van der Waals surface area contributed by atoms with Crippen LogP contribution in [0.25, 0.3) is 23.0 Å². The molecule has 6 nitrogen and oxygen atoms in total. The van der Waals surface area contributed by atoms with E-state index in [1.54, 1.807) is 35.3 Å². The van der Waals surface area contributed by atoms with Gasteiger partial charge >= 0.3 is 0 Å². The summed E-state index contributed by atoms with van der Waals surface area (Å²) in [7, 11) is 1.86. The van der Waals surface area contributed by atoms with Crippen LogP contribution in [0.4, 0.5) is 0 Å². The molecule has 0 bridgehead atoms. The molecule has 0 N–H and O–H groups in total. The minimum absolute atomic E-state index is 0.383. The molecule has 0 spiro atoms. The van der Waals surface area contributed by atoms with Gasteiger partial charge in [-0.25, -0.2) is 4.98 Å². The molecule has 6 heteroatoms. The molecule has 0 saturated heterocycles. The number of benzene rings is 1. The fraction of sp³-hybridized carbons (Fsp3) is 0.0769. The topological polar surface area (TPSA) is 80.5 Å². The zero-order valence-corrected chi connectivity index (χ0v) is 10.1. The molecule has 3 rings (SSSR count).